The molecule has 3 heterocycles. The van der Waals surface area contributed by atoms with Crippen molar-refractivity contribution in [3.8, 4) is 11.1 Å². The van der Waals surface area contributed by atoms with Crippen LogP contribution < -0.4 is 0 Å². The minimum absolute atomic E-state index is 0.0848. The molecule has 1 aromatic heterocycles. The van der Waals surface area contributed by atoms with Gasteiger partial charge >= 0.3 is 0 Å². The van der Waals surface area contributed by atoms with E-state index < -0.39 is 6.04 Å². The van der Waals surface area contributed by atoms with Crippen LogP contribution in [0.2, 0.25) is 0 Å². The molecule has 2 fully saturated rings. The van der Waals surface area contributed by atoms with Crippen LogP contribution in [0.25, 0.3) is 11.1 Å². The van der Waals surface area contributed by atoms with Crippen LogP contribution in [-0.2, 0) is 9.63 Å². The largest absolute Gasteiger partial charge is 0.399 e. The molecular weight excluding hydrogens is 458 g/mol. The zero-order chi connectivity index (χ0) is 25.1. The number of nitrogens with zero attached hydrogens (tertiary/aromatic N) is 5. The number of hydrogen-bond acceptors (Lipinski definition) is 7. The fraction of sp³-hybridized carbons (Fsp3) is 0.370. The van der Waals surface area contributed by atoms with Crippen molar-refractivity contribution in [3.63, 3.8) is 0 Å². The number of benzene rings is 2. The SMILES string of the molecule is CO/N=C1/C[C@@H](c2noc(C3CCN(C(C)=O)CC3)n2)N(C(=O)c2ccc(-c3ccccc3)cc2)C1. The molecule has 36 heavy (non-hydrogen) atoms. The first kappa shape index (κ1) is 23.7. The standard InChI is InChI=1S/C27H29N5O4/c1-18(33)31-14-12-21(13-15-31)26-28-25(30-36-26)24-16-23(29-35-2)17-32(24)27(34)22-10-8-20(9-11-22)19-6-4-3-5-7-19/h3-11,21,24H,12-17H2,1-2H3/b29-23-/t24-/m0/s1. The highest BCUT2D eigenvalue weighted by Gasteiger charge is 2.38. The molecule has 5 rings (SSSR count). The van der Waals surface area contributed by atoms with Gasteiger partial charge in [-0.2, -0.15) is 4.98 Å². The van der Waals surface area contributed by atoms with Crippen LogP contribution in [0.1, 0.15) is 60.2 Å². The number of carbonyl (C=O) groups excluding carboxylic acids is 2. The van der Waals surface area contributed by atoms with Crippen LogP contribution >= 0.6 is 0 Å². The van der Waals surface area contributed by atoms with Crippen LogP contribution in [0.3, 0.4) is 0 Å². The summed E-state index contributed by atoms with van der Waals surface area (Å²) in [7, 11) is 1.49. The normalized spacial score (nSPS) is 19.6. The van der Waals surface area contributed by atoms with Crippen LogP contribution in [0.5, 0.6) is 0 Å². The summed E-state index contributed by atoms with van der Waals surface area (Å²) in [5.74, 6) is 1.09. The average molecular weight is 488 g/mol. The van der Waals surface area contributed by atoms with E-state index in [9.17, 15) is 9.59 Å². The van der Waals surface area contributed by atoms with Crippen molar-refractivity contribution in [1.82, 2.24) is 19.9 Å². The molecule has 3 aromatic rings. The summed E-state index contributed by atoms with van der Waals surface area (Å²) < 4.78 is 5.63. The van der Waals surface area contributed by atoms with Gasteiger partial charge in [-0.05, 0) is 36.1 Å². The molecule has 186 valence electrons. The van der Waals surface area contributed by atoms with Crippen molar-refractivity contribution in [1.29, 1.82) is 0 Å². The van der Waals surface area contributed by atoms with E-state index in [-0.39, 0.29) is 17.7 Å². The maximum Gasteiger partial charge on any atom is 0.254 e. The molecule has 0 unspecified atom stereocenters. The van der Waals surface area contributed by atoms with Gasteiger partial charge in [0.15, 0.2) is 5.82 Å². The van der Waals surface area contributed by atoms with Crippen molar-refractivity contribution in [2.45, 2.75) is 38.1 Å². The molecule has 1 atom stereocenters. The first-order valence-electron chi connectivity index (χ1n) is 12.2. The van der Waals surface area contributed by atoms with E-state index in [1.54, 1.807) is 11.8 Å². The zero-order valence-electron chi connectivity index (χ0n) is 20.5. The van der Waals surface area contributed by atoms with Crippen LogP contribution in [0, 0.1) is 0 Å². The molecule has 2 aliphatic heterocycles. The molecule has 0 saturated carbocycles. The first-order chi connectivity index (χ1) is 17.5. The van der Waals surface area contributed by atoms with Crippen LogP contribution in [0.4, 0.5) is 0 Å². The van der Waals surface area contributed by atoms with E-state index in [1.807, 2.05) is 59.5 Å². The minimum Gasteiger partial charge on any atom is -0.399 e. The second-order valence-electron chi connectivity index (χ2n) is 9.21. The summed E-state index contributed by atoms with van der Waals surface area (Å²) in [6.07, 6.45) is 2.03. The van der Waals surface area contributed by atoms with Crippen molar-refractivity contribution < 1.29 is 18.9 Å². The monoisotopic (exact) mass is 487 g/mol. The molecule has 2 aliphatic rings. The number of likely N-dealkylation sites (tertiary alicyclic amines) is 2. The molecule has 0 spiro atoms. The maximum atomic E-state index is 13.5. The minimum atomic E-state index is -0.394. The number of piperidine rings is 1. The van der Waals surface area contributed by atoms with Gasteiger partial charge in [0.2, 0.25) is 11.8 Å². The van der Waals surface area contributed by atoms with Crippen LogP contribution in [0.15, 0.2) is 64.3 Å². The van der Waals surface area contributed by atoms with Gasteiger partial charge < -0.3 is 19.2 Å². The number of amides is 2. The predicted octanol–water partition coefficient (Wildman–Crippen LogP) is 4.05. The highest BCUT2D eigenvalue weighted by Crippen LogP contribution is 2.33. The fourth-order valence-corrected chi connectivity index (χ4v) is 4.94. The molecule has 0 N–H and O–H groups in total. The Balaban J connectivity index is 1.34. The summed E-state index contributed by atoms with van der Waals surface area (Å²) in [5.41, 5.74) is 3.47. The van der Waals surface area contributed by atoms with E-state index in [0.29, 0.717) is 43.3 Å². The van der Waals surface area contributed by atoms with Gasteiger partial charge in [-0.15, -0.1) is 0 Å². The van der Waals surface area contributed by atoms with Gasteiger partial charge in [-0.1, -0.05) is 52.8 Å². The van der Waals surface area contributed by atoms with E-state index in [4.69, 9.17) is 9.36 Å². The second kappa shape index (κ2) is 10.3. The second-order valence-corrected chi connectivity index (χ2v) is 9.21. The molecule has 2 amide bonds. The molecule has 9 heteroatoms. The Bertz CT molecular complexity index is 1250. The van der Waals surface area contributed by atoms with Crippen molar-refractivity contribution in [3.05, 3.63) is 71.9 Å². The highest BCUT2D eigenvalue weighted by molar-refractivity contribution is 6.00. The Morgan fingerprint density at radius 2 is 1.72 bits per heavy atom. The number of aromatic nitrogens is 2. The quantitative estimate of drug-likeness (QED) is 0.503. The molecular formula is C27H29N5O4. The van der Waals surface area contributed by atoms with Crippen molar-refractivity contribution >= 4 is 17.5 Å². The summed E-state index contributed by atoms with van der Waals surface area (Å²) in [5, 5.41) is 8.35. The van der Waals surface area contributed by atoms with Crippen molar-refractivity contribution in [2.24, 2.45) is 5.16 Å². The highest BCUT2D eigenvalue weighted by atomic mass is 16.6. The van der Waals surface area contributed by atoms with E-state index in [1.165, 1.54) is 7.11 Å². The Kier molecular flexibility index (Phi) is 6.79. The average Bonchev–Trinajstić information content (AvgIpc) is 3.57. The van der Waals surface area contributed by atoms with Gasteiger partial charge in [0, 0.05) is 37.9 Å². The maximum absolute atomic E-state index is 13.5. The van der Waals surface area contributed by atoms with E-state index >= 15 is 0 Å². The fourth-order valence-electron chi connectivity index (χ4n) is 4.94. The third-order valence-corrected chi connectivity index (χ3v) is 6.92. The Morgan fingerprint density at radius 1 is 1.03 bits per heavy atom. The van der Waals surface area contributed by atoms with Gasteiger partial charge in [0.25, 0.3) is 5.91 Å². The van der Waals surface area contributed by atoms with Gasteiger partial charge in [-0.25, -0.2) is 0 Å². The molecule has 9 nitrogen and oxygen atoms in total. The lowest BCUT2D eigenvalue weighted by Crippen LogP contribution is -2.36. The Hall–Kier alpha value is -4.01. The van der Waals surface area contributed by atoms with E-state index in [2.05, 4.69) is 15.3 Å². The number of rotatable bonds is 5. The van der Waals surface area contributed by atoms with E-state index in [0.717, 1.165) is 29.7 Å². The third kappa shape index (κ3) is 4.86. The smallest absolute Gasteiger partial charge is 0.254 e. The molecule has 2 aromatic carbocycles. The summed E-state index contributed by atoms with van der Waals surface area (Å²) in [4.78, 5) is 38.4. The summed E-state index contributed by atoms with van der Waals surface area (Å²) >= 11 is 0. The molecule has 0 bridgehead atoms. The summed E-state index contributed by atoms with van der Waals surface area (Å²) in [6.45, 7) is 3.27. The topological polar surface area (TPSA) is 101 Å². The predicted molar refractivity (Wildman–Crippen MR) is 133 cm³/mol. The number of oxime groups is 1. The lowest BCUT2D eigenvalue weighted by Gasteiger charge is -2.29. The first-order valence-corrected chi connectivity index (χ1v) is 12.2. The van der Waals surface area contributed by atoms with Gasteiger partial charge in [0.1, 0.15) is 13.2 Å². The Morgan fingerprint density at radius 3 is 2.39 bits per heavy atom. The lowest BCUT2D eigenvalue weighted by molar-refractivity contribution is -0.129. The number of hydrogen-bond donors (Lipinski definition) is 0. The van der Waals surface area contributed by atoms with Crippen LogP contribution in [-0.4, -0.2) is 64.2 Å². The van der Waals surface area contributed by atoms with Gasteiger partial charge in [-0.3, -0.25) is 9.59 Å². The molecule has 0 aliphatic carbocycles. The summed E-state index contributed by atoms with van der Waals surface area (Å²) in [6, 6.07) is 17.3. The van der Waals surface area contributed by atoms with Crippen molar-refractivity contribution in [2.75, 3.05) is 26.7 Å². The van der Waals surface area contributed by atoms with Gasteiger partial charge in [0.05, 0.1) is 12.3 Å². The molecule has 2 saturated heterocycles. The third-order valence-electron chi connectivity index (χ3n) is 6.92. The molecule has 0 radical (unpaired) electrons. The lowest BCUT2D eigenvalue weighted by atomic mass is 9.97. The zero-order valence-corrected chi connectivity index (χ0v) is 20.5. The Labute approximate surface area is 209 Å². The number of carbonyl (C=O) groups is 2.